The molecule has 32 heavy (non-hydrogen) atoms. The van der Waals surface area contributed by atoms with Crippen molar-refractivity contribution < 1.29 is 32.2 Å². The molecule has 0 fully saturated rings. The van der Waals surface area contributed by atoms with Gasteiger partial charge in [-0.15, -0.1) is 0 Å². The molecular formula is C22H12F4N2O4. The maximum Gasteiger partial charge on any atom is 0.511 e. The average Bonchev–Trinajstić information content (AvgIpc) is 2.74. The summed E-state index contributed by atoms with van der Waals surface area (Å²) >= 11 is 0. The maximum absolute atomic E-state index is 14.8. The molecular weight excluding hydrogens is 432 g/mol. The molecule has 2 aromatic carbocycles. The molecule has 0 aliphatic heterocycles. The first-order chi connectivity index (χ1) is 15.2. The third-order valence-electron chi connectivity index (χ3n) is 4.74. The zero-order valence-electron chi connectivity index (χ0n) is 16.0. The van der Waals surface area contributed by atoms with Gasteiger partial charge in [0.1, 0.15) is 17.5 Å². The fourth-order valence-corrected chi connectivity index (χ4v) is 3.30. The molecule has 0 atom stereocenters. The van der Waals surface area contributed by atoms with Gasteiger partial charge in [-0.3, -0.25) is 4.79 Å². The standard InChI is InChI=1S/C22H12F4N2O4/c23-14-4-5-15(24)20-19(14)21(29)17(32-22(30)31)10-28(20)9-13-2-1-11(7-16(13)25)12-3-6-18(26)27-8-12/h1-8,10H,9H2,(H,30,31). The molecule has 0 radical (unpaired) electrons. The van der Waals surface area contributed by atoms with E-state index < -0.39 is 51.6 Å². The average molecular weight is 444 g/mol. The molecule has 162 valence electrons. The SMILES string of the molecule is O=C(O)Oc1cn(Cc2ccc(-c3ccc(F)nc3)cc2F)c2c(F)ccc(F)c2c1=O. The van der Waals surface area contributed by atoms with Crippen LogP contribution in [0, 0.1) is 23.4 Å². The highest BCUT2D eigenvalue weighted by atomic mass is 19.1. The van der Waals surface area contributed by atoms with Crippen molar-refractivity contribution in [1.29, 1.82) is 0 Å². The van der Waals surface area contributed by atoms with Gasteiger partial charge in [0.2, 0.25) is 11.4 Å². The molecule has 2 aromatic heterocycles. The van der Waals surface area contributed by atoms with E-state index in [9.17, 15) is 27.2 Å². The molecule has 0 aliphatic carbocycles. The minimum Gasteiger partial charge on any atom is -0.449 e. The van der Waals surface area contributed by atoms with Crippen LogP contribution in [0.2, 0.25) is 0 Å². The number of carbonyl (C=O) groups is 1. The molecule has 2 heterocycles. The van der Waals surface area contributed by atoms with Gasteiger partial charge in [-0.05, 0) is 35.9 Å². The second kappa shape index (κ2) is 8.14. The number of benzene rings is 2. The van der Waals surface area contributed by atoms with Crippen LogP contribution in [-0.2, 0) is 6.54 Å². The van der Waals surface area contributed by atoms with Crippen LogP contribution in [0.15, 0.2) is 59.7 Å². The lowest BCUT2D eigenvalue weighted by molar-refractivity contribution is 0.143. The highest BCUT2D eigenvalue weighted by Gasteiger charge is 2.20. The van der Waals surface area contributed by atoms with Crippen molar-refractivity contribution in [1.82, 2.24) is 9.55 Å². The predicted octanol–water partition coefficient (Wildman–Crippen LogP) is 4.73. The predicted molar refractivity (Wildman–Crippen MR) is 105 cm³/mol. The van der Waals surface area contributed by atoms with Crippen LogP contribution in [0.5, 0.6) is 5.75 Å². The minimum atomic E-state index is -1.83. The summed E-state index contributed by atoms with van der Waals surface area (Å²) in [6, 6.07) is 8.10. The molecule has 0 saturated carbocycles. The number of nitrogens with zero attached hydrogens (tertiary/aromatic N) is 2. The van der Waals surface area contributed by atoms with Crippen molar-refractivity contribution in [2.45, 2.75) is 6.54 Å². The fourth-order valence-electron chi connectivity index (χ4n) is 3.30. The second-order valence-electron chi connectivity index (χ2n) is 6.75. The normalized spacial score (nSPS) is 11.0. The van der Waals surface area contributed by atoms with E-state index >= 15 is 0 Å². The van der Waals surface area contributed by atoms with Crippen LogP contribution in [0.4, 0.5) is 22.4 Å². The lowest BCUT2D eigenvalue weighted by Gasteiger charge is -2.15. The number of hydrogen-bond donors (Lipinski definition) is 1. The largest absolute Gasteiger partial charge is 0.511 e. The van der Waals surface area contributed by atoms with E-state index in [1.165, 1.54) is 24.4 Å². The number of rotatable bonds is 4. The first kappa shape index (κ1) is 21.0. The second-order valence-corrected chi connectivity index (χ2v) is 6.75. The summed E-state index contributed by atoms with van der Waals surface area (Å²) in [5.41, 5.74) is -0.750. The highest BCUT2D eigenvalue weighted by Crippen LogP contribution is 2.25. The van der Waals surface area contributed by atoms with E-state index in [-0.39, 0.29) is 12.1 Å². The Kier molecular flexibility index (Phi) is 5.35. The summed E-state index contributed by atoms with van der Waals surface area (Å²) in [6.45, 7) is -0.374. The molecule has 0 bridgehead atoms. The Morgan fingerprint density at radius 3 is 2.34 bits per heavy atom. The van der Waals surface area contributed by atoms with Crippen LogP contribution < -0.4 is 10.2 Å². The minimum absolute atomic E-state index is 0.0266. The molecule has 10 heteroatoms. The van der Waals surface area contributed by atoms with Gasteiger partial charge >= 0.3 is 6.16 Å². The van der Waals surface area contributed by atoms with Crippen molar-refractivity contribution in [3.63, 3.8) is 0 Å². The Labute approximate surface area is 176 Å². The molecule has 0 saturated heterocycles. The Morgan fingerprint density at radius 2 is 1.69 bits per heavy atom. The van der Waals surface area contributed by atoms with Gasteiger partial charge in [0.25, 0.3) is 0 Å². The van der Waals surface area contributed by atoms with Crippen LogP contribution in [0.25, 0.3) is 22.0 Å². The van der Waals surface area contributed by atoms with Gasteiger partial charge in [0.05, 0.1) is 23.6 Å². The van der Waals surface area contributed by atoms with Crippen molar-refractivity contribution in [3.8, 4) is 16.9 Å². The Morgan fingerprint density at radius 1 is 0.969 bits per heavy atom. The van der Waals surface area contributed by atoms with Gasteiger partial charge in [0, 0.05) is 17.3 Å². The fraction of sp³-hybridized carbons (Fsp3) is 0.0455. The smallest absolute Gasteiger partial charge is 0.449 e. The lowest BCUT2D eigenvalue weighted by Crippen LogP contribution is -2.18. The van der Waals surface area contributed by atoms with Gasteiger partial charge in [-0.2, -0.15) is 4.39 Å². The van der Waals surface area contributed by atoms with Crippen LogP contribution in [-0.4, -0.2) is 20.8 Å². The van der Waals surface area contributed by atoms with E-state index in [0.717, 1.165) is 35.0 Å². The third-order valence-corrected chi connectivity index (χ3v) is 4.74. The summed E-state index contributed by atoms with van der Waals surface area (Å²) < 4.78 is 62.0. The van der Waals surface area contributed by atoms with E-state index in [2.05, 4.69) is 9.72 Å². The molecule has 0 amide bonds. The quantitative estimate of drug-likeness (QED) is 0.280. The molecule has 6 nitrogen and oxygen atoms in total. The van der Waals surface area contributed by atoms with E-state index in [1.54, 1.807) is 0 Å². The number of ether oxygens (including phenoxy) is 1. The Hall–Kier alpha value is -4.21. The highest BCUT2D eigenvalue weighted by molar-refractivity contribution is 5.82. The summed E-state index contributed by atoms with van der Waals surface area (Å²) in [6.07, 6.45) is 0.277. The summed E-state index contributed by atoms with van der Waals surface area (Å²) in [5, 5.41) is 8.12. The van der Waals surface area contributed by atoms with Gasteiger partial charge in [0.15, 0.2) is 5.75 Å². The van der Waals surface area contributed by atoms with Crippen molar-refractivity contribution in [3.05, 3.63) is 94.0 Å². The molecule has 1 N–H and O–H groups in total. The van der Waals surface area contributed by atoms with Gasteiger partial charge < -0.3 is 14.4 Å². The summed E-state index contributed by atoms with van der Waals surface area (Å²) in [7, 11) is 0. The molecule has 0 spiro atoms. The third kappa shape index (κ3) is 3.89. The number of pyridine rings is 2. The van der Waals surface area contributed by atoms with Crippen molar-refractivity contribution in [2.75, 3.05) is 0 Å². The number of fused-ring (bicyclic) bond motifs is 1. The zero-order valence-corrected chi connectivity index (χ0v) is 16.0. The van der Waals surface area contributed by atoms with Gasteiger partial charge in [-0.1, -0.05) is 12.1 Å². The number of aromatic nitrogens is 2. The monoisotopic (exact) mass is 444 g/mol. The zero-order chi connectivity index (χ0) is 23.0. The molecule has 4 aromatic rings. The van der Waals surface area contributed by atoms with Gasteiger partial charge in [-0.25, -0.2) is 22.9 Å². The van der Waals surface area contributed by atoms with E-state index in [0.29, 0.717) is 11.1 Å². The first-order valence-electron chi connectivity index (χ1n) is 9.07. The maximum atomic E-state index is 14.8. The van der Waals surface area contributed by atoms with Crippen LogP contribution >= 0.6 is 0 Å². The van der Waals surface area contributed by atoms with Crippen molar-refractivity contribution in [2.24, 2.45) is 0 Å². The number of carboxylic acid groups (broad SMARTS) is 1. The number of hydrogen-bond acceptors (Lipinski definition) is 4. The summed E-state index contributed by atoms with van der Waals surface area (Å²) in [5.74, 6) is -4.23. The Bertz CT molecular complexity index is 1420. The topological polar surface area (TPSA) is 81.4 Å². The Balaban J connectivity index is 1.82. The molecule has 0 aliphatic rings. The van der Waals surface area contributed by atoms with Crippen molar-refractivity contribution >= 4 is 17.1 Å². The summed E-state index contributed by atoms with van der Waals surface area (Å²) in [4.78, 5) is 26.8. The van der Waals surface area contributed by atoms with Crippen LogP contribution in [0.1, 0.15) is 5.56 Å². The molecule has 0 unspecified atom stereocenters. The molecule has 4 rings (SSSR count). The number of halogens is 4. The first-order valence-corrected chi connectivity index (χ1v) is 9.07. The van der Waals surface area contributed by atoms with E-state index in [1.807, 2.05) is 0 Å². The lowest BCUT2D eigenvalue weighted by atomic mass is 10.0. The van der Waals surface area contributed by atoms with E-state index in [4.69, 9.17) is 5.11 Å². The van der Waals surface area contributed by atoms with Crippen LogP contribution in [0.3, 0.4) is 0 Å².